The molecule has 7 heteroatoms. The average molecular weight is 364 g/mol. The van der Waals surface area contributed by atoms with Crippen molar-refractivity contribution in [3.63, 3.8) is 0 Å². The van der Waals surface area contributed by atoms with Gasteiger partial charge < -0.3 is 14.9 Å². The molecule has 0 saturated heterocycles. The second-order valence-corrected chi connectivity index (χ2v) is 7.05. The third-order valence-electron chi connectivity index (χ3n) is 5.17. The first kappa shape index (κ1) is 17.5. The zero-order valence-electron chi connectivity index (χ0n) is 15.5. The molecule has 1 fully saturated rings. The summed E-state index contributed by atoms with van der Waals surface area (Å²) < 4.78 is 2.12. The summed E-state index contributed by atoms with van der Waals surface area (Å²) in [7, 11) is 0. The molecule has 2 heterocycles. The standard InChI is InChI=1S/C20H24N6O/c1-14-18(24-19(23-14)15-8-4-2-5-9-15)20(27)21-12-17-25-22-13-26(17)16-10-6-3-7-11-16/h2,4-5,8-9,13,16H,3,6-7,10-12H2,1H3,(H,21,27)(H,23,24). The van der Waals surface area contributed by atoms with Crippen molar-refractivity contribution in [1.82, 2.24) is 30.0 Å². The van der Waals surface area contributed by atoms with Crippen LogP contribution < -0.4 is 5.32 Å². The van der Waals surface area contributed by atoms with E-state index in [4.69, 9.17) is 0 Å². The first-order chi connectivity index (χ1) is 13.2. The molecule has 0 radical (unpaired) electrons. The SMILES string of the molecule is Cc1[nH]c(-c2ccccc2)nc1C(=O)NCc1nncn1C1CCCCC1. The van der Waals surface area contributed by atoms with E-state index in [9.17, 15) is 4.79 Å². The van der Waals surface area contributed by atoms with Gasteiger partial charge in [0.05, 0.1) is 6.54 Å². The van der Waals surface area contributed by atoms with Crippen LogP contribution in [0.5, 0.6) is 0 Å². The maximum atomic E-state index is 12.6. The number of aromatic amines is 1. The van der Waals surface area contributed by atoms with Crippen molar-refractivity contribution in [1.29, 1.82) is 0 Å². The van der Waals surface area contributed by atoms with Crippen LogP contribution in [-0.2, 0) is 6.54 Å². The lowest BCUT2D eigenvalue weighted by atomic mass is 9.95. The second kappa shape index (κ2) is 7.73. The zero-order valence-corrected chi connectivity index (χ0v) is 15.5. The highest BCUT2D eigenvalue weighted by Gasteiger charge is 2.20. The van der Waals surface area contributed by atoms with Gasteiger partial charge in [0.25, 0.3) is 5.91 Å². The monoisotopic (exact) mass is 364 g/mol. The molecule has 3 aromatic rings. The van der Waals surface area contributed by atoms with Crippen molar-refractivity contribution in [2.75, 3.05) is 0 Å². The Labute approximate surface area is 158 Å². The van der Waals surface area contributed by atoms with Gasteiger partial charge in [-0.05, 0) is 19.8 Å². The molecule has 140 valence electrons. The highest BCUT2D eigenvalue weighted by molar-refractivity contribution is 5.94. The number of aromatic nitrogens is 5. The molecule has 0 bridgehead atoms. The number of H-pyrrole nitrogens is 1. The predicted molar refractivity (Wildman–Crippen MR) is 102 cm³/mol. The van der Waals surface area contributed by atoms with Gasteiger partial charge in [0.2, 0.25) is 0 Å². The van der Waals surface area contributed by atoms with E-state index in [0.29, 0.717) is 24.1 Å². The maximum Gasteiger partial charge on any atom is 0.272 e. The minimum Gasteiger partial charge on any atom is -0.343 e. The van der Waals surface area contributed by atoms with Gasteiger partial charge in [-0.1, -0.05) is 49.6 Å². The van der Waals surface area contributed by atoms with Gasteiger partial charge in [0, 0.05) is 17.3 Å². The number of carbonyl (C=O) groups is 1. The number of amides is 1. The van der Waals surface area contributed by atoms with Crippen molar-refractivity contribution in [3.05, 3.63) is 53.9 Å². The van der Waals surface area contributed by atoms with E-state index >= 15 is 0 Å². The van der Waals surface area contributed by atoms with E-state index in [-0.39, 0.29) is 5.91 Å². The van der Waals surface area contributed by atoms with Gasteiger partial charge in [0.15, 0.2) is 5.82 Å². The number of benzene rings is 1. The van der Waals surface area contributed by atoms with Crippen LogP contribution >= 0.6 is 0 Å². The Morgan fingerprint density at radius 1 is 1.22 bits per heavy atom. The summed E-state index contributed by atoms with van der Waals surface area (Å²) in [6, 6.07) is 10.2. The lowest BCUT2D eigenvalue weighted by molar-refractivity contribution is 0.0944. The fourth-order valence-corrected chi connectivity index (χ4v) is 3.71. The smallest absolute Gasteiger partial charge is 0.272 e. The van der Waals surface area contributed by atoms with Crippen LogP contribution in [0.15, 0.2) is 36.7 Å². The number of nitrogens with zero attached hydrogens (tertiary/aromatic N) is 4. The Morgan fingerprint density at radius 2 is 2.00 bits per heavy atom. The Bertz CT molecular complexity index is 908. The van der Waals surface area contributed by atoms with Crippen LogP contribution in [-0.4, -0.2) is 30.6 Å². The topological polar surface area (TPSA) is 88.5 Å². The first-order valence-electron chi connectivity index (χ1n) is 9.51. The van der Waals surface area contributed by atoms with Gasteiger partial charge in [-0.2, -0.15) is 0 Å². The highest BCUT2D eigenvalue weighted by atomic mass is 16.1. The lowest BCUT2D eigenvalue weighted by Gasteiger charge is -2.23. The van der Waals surface area contributed by atoms with E-state index in [0.717, 1.165) is 29.9 Å². The van der Waals surface area contributed by atoms with Gasteiger partial charge in [0.1, 0.15) is 17.8 Å². The summed E-state index contributed by atoms with van der Waals surface area (Å²) in [5, 5.41) is 11.2. The van der Waals surface area contributed by atoms with Crippen LogP contribution in [0.1, 0.15) is 60.2 Å². The van der Waals surface area contributed by atoms with Gasteiger partial charge in [-0.15, -0.1) is 10.2 Å². The van der Waals surface area contributed by atoms with Crippen LogP contribution in [0, 0.1) is 6.92 Å². The molecule has 1 amide bonds. The summed E-state index contributed by atoms with van der Waals surface area (Å²) in [5.41, 5.74) is 2.12. The second-order valence-electron chi connectivity index (χ2n) is 7.05. The summed E-state index contributed by atoms with van der Waals surface area (Å²) in [6.45, 7) is 2.21. The number of rotatable bonds is 5. The minimum absolute atomic E-state index is 0.205. The molecule has 0 unspecified atom stereocenters. The van der Waals surface area contributed by atoms with Crippen LogP contribution in [0.4, 0.5) is 0 Å². The molecular weight excluding hydrogens is 340 g/mol. The summed E-state index contributed by atoms with van der Waals surface area (Å²) >= 11 is 0. The normalized spacial score (nSPS) is 15.0. The Kier molecular flexibility index (Phi) is 5.00. The molecule has 1 saturated carbocycles. The van der Waals surface area contributed by atoms with Crippen LogP contribution in [0.3, 0.4) is 0 Å². The maximum absolute atomic E-state index is 12.6. The largest absolute Gasteiger partial charge is 0.343 e. The van der Waals surface area contributed by atoms with Crippen molar-refractivity contribution < 1.29 is 4.79 Å². The molecule has 2 N–H and O–H groups in total. The molecule has 2 aromatic heterocycles. The molecule has 1 aliphatic carbocycles. The van der Waals surface area contributed by atoms with Crippen molar-refractivity contribution >= 4 is 5.91 Å². The summed E-state index contributed by atoms with van der Waals surface area (Å²) in [4.78, 5) is 20.3. The molecule has 1 aliphatic rings. The summed E-state index contributed by atoms with van der Waals surface area (Å²) in [6.07, 6.45) is 7.86. The molecule has 1 aromatic carbocycles. The van der Waals surface area contributed by atoms with Crippen molar-refractivity contribution in [3.8, 4) is 11.4 Å². The highest BCUT2D eigenvalue weighted by Crippen LogP contribution is 2.28. The molecule has 0 atom stereocenters. The van der Waals surface area contributed by atoms with E-state index in [1.807, 2.05) is 37.3 Å². The fourth-order valence-electron chi connectivity index (χ4n) is 3.71. The van der Waals surface area contributed by atoms with E-state index in [2.05, 4.69) is 30.0 Å². The van der Waals surface area contributed by atoms with E-state index < -0.39 is 0 Å². The van der Waals surface area contributed by atoms with Crippen molar-refractivity contribution in [2.24, 2.45) is 0 Å². The van der Waals surface area contributed by atoms with Gasteiger partial charge in [-0.3, -0.25) is 4.79 Å². The van der Waals surface area contributed by atoms with Crippen molar-refractivity contribution in [2.45, 2.75) is 51.6 Å². The van der Waals surface area contributed by atoms with Gasteiger partial charge >= 0.3 is 0 Å². The quantitative estimate of drug-likeness (QED) is 0.726. The van der Waals surface area contributed by atoms with E-state index in [1.54, 1.807) is 6.33 Å². The first-order valence-corrected chi connectivity index (χ1v) is 9.51. The number of aryl methyl sites for hydroxylation is 1. The molecule has 7 nitrogen and oxygen atoms in total. The lowest BCUT2D eigenvalue weighted by Crippen LogP contribution is -2.26. The molecule has 0 aliphatic heterocycles. The van der Waals surface area contributed by atoms with Crippen LogP contribution in [0.25, 0.3) is 11.4 Å². The molecule has 4 rings (SSSR count). The number of hydrogen-bond acceptors (Lipinski definition) is 4. The van der Waals surface area contributed by atoms with E-state index in [1.165, 1.54) is 19.3 Å². The number of imidazole rings is 1. The summed E-state index contributed by atoms with van der Waals surface area (Å²) in [5.74, 6) is 1.29. The Balaban J connectivity index is 1.45. The number of hydrogen-bond donors (Lipinski definition) is 2. The van der Waals surface area contributed by atoms with Gasteiger partial charge in [-0.25, -0.2) is 4.98 Å². The minimum atomic E-state index is -0.205. The number of carbonyl (C=O) groups excluding carboxylic acids is 1. The third-order valence-corrected chi connectivity index (χ3v) is 5.17. The number of nitrogens with one attached hydrogen (secondary N) is 2. The fraction of sp³-hybridized carbons (Fsp3) is 0.400. The predicted octanol–water partition coefficient (Wildman–Crippen LogP) is 3.41. The molecular formula is C20H24N6O. The molecule has 27 heavy (non-hydrogen) atoms. The Morgan fingerprint density at radius 3 is 2.78 bits per heavy atom. The molecule has 0 spiro atoms. The third kappa shape index (κ3) is 3.77. The van der Waals surface area contributed by atoms with Crippen LogP contribution in [0.2, 0.25) is 0 Å². The zero-order chi connectivity index (χ0) is 18.6. The Hall–Kier alpha value is -2.96. The average Bonchev–Trinajstić information content (AvgIpc) is 3.34.